The molecule has 90 valence electrons. The monoisotopic (exact) mass is 229 g/mol. The largest absolute Gasteiger partial charge is 0.512 e. The average Bonchev–Trinajstić information content (AvgIpc) is 2.17. The number of carbonyl (C=O) groups is 2. The summed E-state index contributed by atoms with van der Waals surface area (Å²) in [6.07, 6.45) is -0.966. The molecule has 0 aromatic rings. The van der Waals surface area contributed by atoms with E-state index < -0.39 is 18.1 Å². The summed E-state index contributed by atoms with van der Waals surface area (Å²) in [5, 5.41) is 18.5. The van der Waals surface area contributed by atoms with Gasteiger partial charge >= 0.3 is 12.1 Å². The lowest BCUT2D eigenvalue weighted by molar-refractivity contribution is -0.139. The Morgan fingerprint density at radius 2 is 2.19 bits per heavy atom. The van der Waals surface area contributed by atoms with Crippen LogP contribution in [0.15, 0.2) is 11.3 Å². The first-order chi connectivity index (χ1) is 7.49. The summed E-state index contributed by atoms with van der Waals surface area (Å²) in [5.41, 5.74) is 0.0375. The molecule has 0 aliphatic carbocycles. The summed E-state index contributed by atoms with van der Waals surface area (Å²) in [6, 6.07) is -0.676. The van der Waals surface area contributed by atoms with Crippen molar-refractivity contribution >= 4 is 12.1 Å². The molecule has 0 spiro atoms. The van der Waals surface area contributed by atoms with Gasteiger partial charge in [-0.3, -0.25) is 0 Å². The first-order valence-corrected chi connectivity index (χ1v) is 5.07. The maximum absolute atomic E-state index is 11.5. The van der Waals surface area contributed by atoms with Crippen LogP contribution in [0.3, 0.4) is 0 Å². The lowest BCUT2D eigenvalue weighted by Gasteiger charge is -2.31. The highest BCUT2D eigenvalue weighted by Gasteiger charge is 2.34. The van der Waals surface area contributed by atoms with Crippen molar-refractivity contribution in [2.45, 2.75) is 26.3 Å². The maximum Gasteiger partial charge on any atom is 0.407 e. The lowest BCUT2D eigenvalue weighted by Crippen LogP contribution is -2.45. The van der Waals surface area contributed by atoms with Crippen molar-refractivity contribution in [1.82, 2.24) is 4.90 Å². The fourth-order valence-corrected chi connectivity index (χ4v) is 1.71. The predicted molar refractivity (Wildman–Crippen MR) is 55.1 cm³/mol. The van der Waals surface area contributed by atoms with Crippen molar-refractivity contribution in [2.24, 2.45) is 0 Å². The molecule has 1 aliphatic rings. The third-order valence-corrected chi connectivity index (χ3v) is 2.53. The van der Waals surface area contributed by atoms with Gasteiger partial charge < -0.3 is 19.8 Å². The van der Waals surface area contributed by atoms with Crippen molar-refractivity contribution < 1.29 is 24.5 Å². The van der Waals surface area contributed by atoms with Gasteiger partial charge in [-0.25, -0.2) is 9.59 Å². The first kappa shape index (κ1) is 12.4. The minimum atomic E-state index is -1.11. The topological polar surface area (TPSA) is 87.1 Å². The Labute approximate surface area is 93.1 Å². The van der Waals surface area contributed by atoms with Gasteiger partial charge in [0.05, 0.1) is 18.2 Å². The number of nitrogens with zero attached hydrogens (tertiary/aromatic N) is 1. The Bertz CT molecular complexity index is 336. The molecule has 1 amide bonds. The SMILES string of the molecule is CCOC(=O)C1=C(O)CCN(C(=O)O)C1C. The zero-order chi connectivity index (χ0) is 12.3. The predicted octanol–water partition coefficient (Wildman–Crippen LogP) is 1.13. The molecule has 0 aromatic heterocycles. The number of esters is 1. The van der Waals surface area contributed by atoms with E-state index in [2.05, 4.69) is 0 Å². The smallest absolute Gasteiger partial charge is 0.407 e. The number of hydrogen-bond donors (Lipinski definition) is 2. The van der Waals surface area contributed by atoms with Crippen LogP contribution in [0.4, 0.5) is 4.79 Å². The second-order valence-corrected chi connectivity index (χ2v) is 3.48. The molecule has 2 N–H and O–H groups in total. The Morgan fingerprint density at radius 1 is 1.56 bits per heavy atom. The average molecular weight is 229 g/mol. The van der Waals surface area contributed by atoms with Crippen LogP contribution in [-0.2, 0) is 9.53 Å². The minimum Gasteiger partial charge on any atom is -0.512 e. The van der Waals surface area contributed by atoms with Crippen LogP contribution in [0.5, 0.6) is 0 Å². The van der Waals surface area contributed by atoms with Crippen LogP contribution < -0.4 is 0 Å². The van der Waals surface area contributed by atoms with Crippen LogP contribution in [0.25, 0.3) is 0 Å². The third kappa shape index (κ3) is 2.26. The zero-order valence-electron chi connectivity index (χ0n) is 9.27. The molecule has 1 rings (SSSR count). The van der Waals surface area contributed by atoms with E-state index >= 15 is 0 Å². The highest BCUT2D eigenvalue weighted by Crippen LogP contribution is 2.23. The molecule has 1 heterocycles. The molecule has 0 saturated carbocycles. The van der Waals surface area contributed by atoms with Gasteiger partial charge in [-0.15, -0.1) is 0 Å². The molecule has 0 radical (unpaired) electrons. The summed E-state index contributed by atoms with van der Waals surface area (Å²) in [4.78, 5) is 23.5. The molecule has 1 atom stereocenters. The van der Waals surface area contributed by atoms with E-state index in [1.165, 1.54) is 0 Å². The van der Waals surface area contributed by atoms with E-state index in [1.54, 1.807) is 13.8 Å². The summed E-state index contributed by atoms with van der Waals surface area (Å²) in [7, 11) is 0. The number of amides is 1. The van der Waals surface area contributed by atoms with Crippen molar-refractivity contribution in [3.63, 3.8) is 0 Å². The van der Waals surface area contributed by atoms with Gasteiger partial charge in [0.25, 0.3) is 0 Å². The van der Waals surface area contributed by atoms with Crippen LogP contribution in [0.1, 0.15) is 20.3 Å². The highest BCUT2D eigenvalue weighted by molar-refractivity contribution is 5.91. The Hall–Kier alpha value is -1.72. The molecular formula is C10H15NO5. The normalized spacial score (nSPS) is 20.9. The van der Waals surface area contributed by atoms with E-state index in [-0.39, 0.29) is 30.9 Å². The molecule has 6 nitrogen and oxygen atoms in total. The van der Waals surface area contributed by atoms with Gasteiger partial charge in [0.15, 0.2) is 0 Å². The van der Waals surface area contributed by atoms with Crippen molar-refractivity contribution in [3.8, 4) is 0 Å². The number of aliphatic hydroxyl groups is 1. The van der Waals surface area contributed by atoms with Gasteiger partial charge in [0.2, 0.25) is 0 Å². The van der Waals surface area contributed by atoms with Gasteiger partial charge in [-0.1, -0.05) is 0 Å². The summed E-state index contributed by atoms with van der Waals surface area (Å²) >= 11 is 0. The number of carbonyl (C=O) groups excluding carboxylic acids is 1. The second kappa shape index (κ2) is 4.87. The Balaban J connectivity index is 2.95. The first-order valence-electron chi connectivity index (χ1n) is 5.07. The van der Waals surface area contributed by atoms with Crippen molar-refractivity contribution in [1.29, 1.82) is 0 Å². The van der Waals surface area contributed by atoms with Crippen molar-refractivity contribution in [2.75, 3.05) is 13.2 Å². The van der Waals surface area contributed by atoms with Crippen LogP contribution in [0, 0.1) is 0 Å². The fourth-order valence-electron chi connectivity index (χ4n) is 1.71. The van der Waals surface area contributed by atoms with E-state index in [4.69, 9.17) is 9.84 Å². The maximum atomic E-state index is 11.5. The molecule has 16 heavy (non-hydrogen) atoms. The van der Waals surface area contributed by atoms with E-state index in [9.17, 15) is 14.7 Å². The van der Waals surface area contributed by atoms with Gasteiger partial charge in [-0.05, 0) is 13.8 Å². The van der Waals surface area contributed by atoms with Crippen LogP contribution in [0.2, 0.25) is 0 Å². The highest BCUT2D eigenvalue weighted by atomic mass is 16.5. The number of rotatable bonds is 2. The molecule has 1 unspecified atom stereocenters. The van der Waals surface area contributed by atoms with Crippen LogP contribution in [-0.4, -0.2) is 46.4 Å². The quantitative estimate of drug-likeness (QED) is 0.693. The molecule has 0 aromatic carbocycles. The van der Waals surface area contributed by atoms with E-state index in [0.29, 0.717) is 0 Å². The van der Waals surface area contributed by atoms with Gasteiger partial charge in [-0.2, -0.15) is 0 Å². The van der Waals surface area contributed by atoms with E-state index in [0.717, 1.165) is 4.90 Å². The molecule has 0 saturated heterocycles. The molecule has 1 aliphatic heterocycles. The number of aliphatic hydroxyl groups excluding tert-OH is 1. The van der Waals surface area contributed by atoms with Gasteiger partial charge in [0.1, 0.15) is 5.76 Å². The third-order valence-electron chi connectivity index (χ3n) is 2.53. The standard InChI is InChI=1S/C10H15NO5/c1-3-16-9(13)8-6(2)11(10(14)15)5-4-7(8)12/h6,12H,3-5H2,1-2H3,(H,14,15). The molecule has 0 bridgehead atoms. The second-order valence-electron chi connectivity index (χ2n) is 3.48. The van der Waals surface area contributed by atoms with E-state index in [1.807, 2.05) is 0 Å². The summed E-state index contributed by atoms with van der Waals surface area (Å²) < 4.78 is 4.77. The van der Waals surface area contributed by atoms with Crippen molar-refractivity contribution in [3.05, 3.63) is 11.3 Å². The summed E-state index contributed by atoms with van der Waals surface area (Å²) in [6.45, 7) is 3.58. The number of ether oxygens (including phenoxy) is 1. The summed E-state index contributed by atoms with van der Waals surface area (Å²) in [5.74, 6) is -0.734. The zero-order valence-corrected chi connectivity index (χ0v) is 9.27. The minimum absolute atomic E-state index is 0.0375. The molecular weight excluding hydrogens is 214 g/mol. The lowest BCUT2D eigenvalue weighted by atomic mass is 10.00. The Kier molecular flexibility index (Phi) is 3.76. The number of hydrogen-bond acceptors (Lipinski definition) is 4. The van der Waals surface area contributed by atoms with Crippen LogP contribution >= 0.6 is 0 Å². The molecule has 0 fully saturated rings. The number of carboxylic acid groups (broad SMARTS) is 1. The molecule has 6 heteroatoms. The van der Waals surface area contributed by atoms with Gasteiger partial charge in [0, 0.05) is 13.0 Å². The Morgan fingerprint density at radius 3 is 2.69 bits per heavy atom. The fraction of sp³-hybridized carbons (Fsp3) is 0.600.